The van der Waals surface area contributed by atoms with Gasteiger partial charge in [-0.1, -0.05) is 18.2 Å². The van der Waals surface area contributed by atoms with Gasteiger partial charge in [-0.3, -0.25) is 14.5 Å². The first-order valence-electron chi connectivity index (χ1n) is 10.0. The second-order valence-electron chi connectivity index (χ2n) is 6.65. The predicted molar refractivity (Wildman–Crippen MR) is 133 cm³/mol. The molecule has 9 heteroatoms. The molecule has 0 atom stereocenters. The Kier molecular flexibility index (Phi) is 10.5. The first-order valence-corrected chi connectivity index (χ1v) is 10.0. The van der Waals surface area contributed by atoms with Crippen molar-refractivity contribution in [2.45, 2.75) is 26.4 Å². The van der Waals surface area contributed by atoms with E-state index in [0.29, 0.717) is 6.54 Å². The second kappa shape index (κ2) is 13.4. The van der Waals surface area contributed by atoms with Gasteiger partial charge < -0.3 is 16.0 Å². The predicted octanol–water partition coefficient (Wildman–Crippen LogP) is 2.83. The molecule has 3 aromatic rings. The van der Waals surface area contributed by atoms with Crippen LogP contribution in [0.3, 0.4) is 0 Å². The van der Waals surface area contributed by atoms with Gasteiger partial charge in [0.05, 0.1) is 6.54 Å². The smallest absolute Gasteiger partial charge is 0.246 e. The number of nitrogens with zero attached hydrogens (tertiary/aromatic N) is 4. The molecule has 0 aliphatic carbocycles. The lowest BCUT2D eigenvalue weighted by atomic mass is 10.2. The van der Waals surface area contributed by atoms with Gasteiger partial charge >= 0.3 is 0 Å². The molecule has 0 fully saturated rings. The number of benzene rings is 1. The fourth-order valence-corrected chi connectivity index (χ4v) is 2.86. The minimum atomic E-state index is -0.121. The number of carbonyl (C=O) groups excluding carboxylic acids is 1. The quantitative estimate of drug-likeness (QED) is 0.224. The zero-order valence-corrected chi connectivity index (χ0v) is 19.8. The molecule has 8 nitrogen and oxygen atoms in total. The van der Waals surface area contributed by atoms with E-state index in [4.69, 9.17) is 0 Å². The molecule has 0 spiro atoms. The van der Waals surface area contributed by atoms with Gasteiger partial charge in [0, 0.05) is 49.5 Å². The Bertz CT molecular complexity index is 946. The van der Waals surface area contributed by atoms with Crippen LogP contribution in [-0.2, 0) is 24.3 Å². The molecule has 3 rings (SSSR count). The number of hydrogen-bond acceptors (Lipinski definition) is 4. The Balaban J connectivity index is 0.00000341. The van der Waals surface area contributed by atoms with Crippen molar-refractivity contribution < 1.29 is 4.79 Å². The molecule has 0 aliphatic rings. The lowest BCUT2D eigenvalue weighted by Gasteiger charge is -2.11. The van der Waals surface area contributed by atoms with Crippen LogP contribution in [0.5, 0.6) is 0 Å². The summed E-state index contributed by atoms with van der Waals surface area (Å²) in [4.78, 5) is 21.1. The number of aromatic nitrogens is 3. The molecule has 1 aromatic carbocycles. The summed E-state index contributed by atoms with van der Waals surface area (Å²) in [6.45, 7) is 4.24. The lowest BCUT2D eigenvalue weighted by Crippen LogP contribution is -2.38. The van der Waals surface area contributed by atoms with Gasteiger partial charge in [0.25, 0.3) is 0 Å². The maximum absolute atomic E-state index is 12.2. The van der Waals surface area contributed by atoms with Gasteiger partial charge in [-0.15, -0.1) is 24.0 Å². The van der Waals surface area contributed by atoms with Crippen molar-refractivity contribution >= 4 is 41.5 Å². The Morgan fingerprint density at radius 2 is 2.00 bits per heavy atom. The van der Waals surface area contributed by atoms with E-state index in [-0.39, 0.29) is 36.4 Å². The maximum Gasteiger partial charge on any atom is 0.246 e. The third kappa shape index (κ3) is 8.75. The molecule has 0 aliphatic heterocycles. The molecule has 0 unspecified atom stereocenters. The van der Waals surface area contributed by atoms with E-state index in [1.165, 1.54) is 0 Å². The highest BCUT2D eigenvalue weighted by Gasteiger charge is 2.05. The van der Waals surface area contributed by atoms with E-state index in [9.17, 15) is 4.79 Å². The summed E-state index contributed by atoms with van der Waals surface area (Å²) in [5, 5.41) is 13.5. The summed E-state index contributed by atoms with van der Waals surface area (Å²) >= 11 is 0. The van der Waals surface area contributed by atoms with Crippen molar-refractivity contribution in [1.29, 1.82) is 0 Å². The zero-order chi connectivity index (χ0) is 21.0. The first-order chi connectivity index (χ1) is 14.7. The van der Waals surface area contributed by atoms with Gasteiger partial charge in [-0.25, -0.2) is 4.99 Å². The van der Waals surface area contributed by atoms with E-state index < -0.39 is 0 Å². The molecular weight excluding hydrogens is 505 g/mol. The van der Waals surface area contributed by atoms with Crippen molar-refractivity contribution in [3.63, 3.8) is 0 Å². The Morgan fingerprint density at radius 3 is 2.74 bits per heavy atom. The van der Waals surface area contributed by atoms with E-state index >= 15 is 0 Å². The SMILES string of the molecule is CCNC(=NCc1cccc(NC(=O)Cn2cccn2)c1)NCCc1ccccn1.I. The summed E-state index contributed by atoms with van der Waals surface area (Å²) in [5.41, 5.74) is 2.79. The van der Waals surface area contributed by atoms with E-state index in [2.05, 4.69) is 31.0 Å². The lowest BCUT2D eigenvalue weighted by molar-refractivity contribution is -0.116. The van der Waals surface area contributed by atoms with Gasteiger partial charge in [-0.05, 0) is 42.8 Å². The number of carbonyl (C=O) groups is 1. The minimum Gasteiger partial charge on any atom is -0.357 e. The minimum absolute atomic E-state index is 0. The van der Waals surface area contributed by atoms with Crippen LogP contribution in [0.1, 0.15) is 18.2 Å². The van der Waals surface area contributed by atoms with E-state index in [0.717, 1.165) is 42.4 Å². The standard InChI is InChI=1S/C22H27N7O.HI/c1-2-23-22(25-13-10-19-8-3-4-11-24-19)26-16-18-7-5-9-20(15-18)28-21(30)17-29-14-6-12-27-29;/h3-9,11-12,14-15H,2,10,13,16-17H2,1H3,(H,28,30)(H2,23,25,26);1H. The van der Waals surface area contributed by atoms with Crippen molar-refractivity contribution in [3.8, 4) is 0 Å². The summed E-state index contributed by atoms with van der Waals surface area (Å²) in [6, 6.07) is 15.4. The number of pyridine rings is 1. The third-order valence-corrected chi connectivity index (χ3v) is 4.24. The number of hydrogen-bond donors (Lipinski definition) is 3. The van der Waals surface area contributed by atoms with Crippen molar-refractivity contribution in [2.75, 3.05) is 18.4 Å². The fourth-order valence-electron chi connectivity index (χ4n) is 2.86. The molecule has 0 saturated heterocycles. The van der Waals surface area contributed by atoms with Gasteiger partial charge in [0.15, 0.2) is 5.96 Å². The monoisotopic (exact) mass is 533 g/mol. The molecule has 2 heterocycles. The highest BCUT2D eigenvalue weighted by molar-refractivity contribution is 14.0. The first kappa shape index (κ1) is 24.3. The summed E-state index contributed by atoms with van der Waals surface area (Å²) < 4.78 is 1.59. The van der Waals surface area contributed by atoms with Crippen molar-refractivity contribution in [3.05, 3.63) is 78.4 Å². The number of halogens is 1. The maximum atomic E-state index is 12.2. The summed E-state index contributed by atoms with van der Waals surface area (Å²) in [5.74, 6) is 0.630. The largest absolute Gasteiger partial charge is 0.357 e. The molecular formula is C22H28IN7O. The van der Waals surface area contributed by atoms with Crippen LogP contribution in [0.15, 0.2) is 72.1 Å². The number of guanidine groups is 1. The van der Waals surface area contributed by atoms with Crippen LogP contribution < -0.4 is 16.0 Å². The molecule has 1 amide bonds. The normalized spacial score (nSPS) is 10.8. The highest BCUT2D eigenvalue weighted by Crippen LogP contribution is 2.12. The Morgan fingerprint density at radius 1 is 1.10 bits per heavy atom. The molecule has 2 aromatic heterocycles. The molecule has 164 valence electrons. The number of nitrogens with one attached hydrogen (secondary N) is 3. The zero-order valence-electron chi connectivity index (χ0n) is 17.5. The number of amides is 1. The fraction of sp³-hybridized carbons (Fsp3) is 0.273. The molecule has 0 bridgehead atoms. The summed E-state index contributed by atoms with van der Waals surface area (Å²) in [6.07, 6.45) is 6.03. The van der Waals surface area contributed by atoms with Crippen LogP contribution in [0, 0.1) is 0 Å². The number of anilines is 1. The molecule has 0 saturated carbocycles. The van der Waals surface area contributed by atoms with Crippen LogP contribution in [0.2, 0.25) is 0 Å². The molecule has 3 N–H and O–H groups in total. The third-order valence-electron chi connectivity index (χ3n) is 4.24. The second-order valence-corrected chi connectivity index (χ2v) is 6.65. The number of aliphatic imine (C=N–C) groups is 1. The molecule has 31 heavy (non-hydrogen) atoms. The van der Waals surface area contributed by atoms with Crippen LogP contribution >= 0.6 is 24.0 Å². The van der Waals surface area contributed by atoms with Gasteiger partial charge in [-0.2, -0.15) is 5.10 Å². The van der Waals surface area contributed by atoms with Gasteiger partial charge in [0.2, 0.25) is 5.91 Å². The highest BCUT2D eigenvalue weighted by atomic mass is 127. The van der Waals surface area contributed by atoms with Crippen molar-refractivity contribution in [1.82, 2.24) is 25.4 Å². The topological polar surface area (TPSA) is 96.2 Å². The van der Waals surface area contributed by atoms with Crippen LogP contribution in [0.25, 0.3) is 0 Å². The van der Waals surface area contributed by atoms with Crippen LogP contribution in [0.4, 0.5) is 5.69 Å². The molecule has 0 radical (unpaired) electrons. The average molecular weight is 533 g/mol. The van der Waals surface area contributed by atoms with E-state index in [1.54, 1.807) is 29.3 Å². The van der Waals surface area contributed by atoms with Crippen molar-refractivity contribution in [2.24, 2.45) is 4.99 Å². The Hall–Kier alpha value is -2.95. The average Bonchev–Trinajstić information content (AvgIpc) is 3.26. The summed E-state index contributed by atoms with van der Waals surface area (Å²) in [7, 11) is 0. The van der Waals surface area contributed by atoms with Gasteiger partial charge in [0.1, 0.15) is 6.54 Å². The van der Waals surface area contributed by atoms with E-state index in [1.807, 2.05) is 49.4 Å². The van der Waals surface area contributed by atoms with Crippen LogP contribution in [-0.4, -0.2) is 39.7 Å². The Labute approximate surface area is 199 Å². The number of rotatable bonds is 9.